The molecule has 0 N–H and O–H groups in total. The number of hydrogen-bond acceptors (Lipinski definition) is 0. The van der Waals surface area contributed by atoms with Gasteiger partial charge in [0.15, 0.2) is 0 Å². The molecule has 1 nitrogen and oxygen atoms in total. The van der Waals surface area contributed by atoms with Crippen LogP contribution in [0.4, 0.5) is 0 Å². The first-order valence-corrected chi connectivity index (χ1v) is 4.31. The Balaban J connectivity index is 3.08. The molecule has 1 rings (SSSR count). The Bertz CT molecular complexity index is 282. The molecule has 1 aromatic heterocycles. The highest BCUT2D eigenvalue weighted by Gasteiger charge is 2.08. The molecule has 1 atom stereocenters. The lowest BCUT2D eigenvalue weighted by molar-refractivity contribution is 0.580. The number of hydrogen-bond donors (Lipinski definition) is 0. The molecule has 0 bridgehead atoms. The molecule has 64 valence electrons. The first-order chi connectivity index (χ1) is 5.70. The minimum absolute atomic E-state index is 0.222. The van der Waals surface area contributed by atoms with Crippen molar-refractivity contribution in [1.29, 1.82) is 0 Å². The minimum Gasteiger partial charge on any atom is -0.335 e. The molecule has 0 aliphatic heterocycles. The largest absolute Gasteiger partial charge is 0.335 e. The predicted molar refractivity (Wildman–Crippen MR) is 52.1 cm³/mol. The zero-order valence-electron chi connectivity index (χ0n) is 7.96. The molecule has 0 aliphatic rings. The zero-order valence-corrected chi connectivity index (χ0v) is 7.96. The Labute approximate surface area is 74.4 Å². The summed E-state index contributed by atoms with van der Waals surface area (Å²) in [6.07, 6.45) is 6.43. The molecule has 0 saturated heterocycles. The van der Waals surface area contributed by atoms with E-state index in [2.05, 4.69) is 43.4 Å². The highest BCUT2D eigenvalue weighted by atomic mass is 15.0. The lowest BCUT2D eigenvalue weighted by atomic mass is 10.2. The molecular formula is C11H15N. The monoisotopic (exact) mass is 161 g/mol. The number of terminal acetylenes is 1. The maximum absolute atomic E-state index is 5.44. The standard InChI is InChI=1S/C11H15N/c1-5-11(6-2)12-9(3)7-8-10(12)4/h1,7-8,11H,6H2,2-4H3. The van der Waals surface area contributed by atoms with Gasteiger partial charge in [-0.15, -0.1) is 6.42 Å². The summed E-state index contributed by atoms with van der Waals surface area (Å²) >= 11 is 0. The van der Waals surface area contributed by atoms with Crippen molar-refractivity contribution in [2.45, 2.75) is 33.2 Å². The van der Waals surface area contributed by atoms with Gasteiger partial charge in [0.05, 0.1) is 6.04 Å². The second kappa shape index (κ2) is 3.49. The summed E-state index contributed by atoms with van der Waals surface area (Å²) in [5, 5.41) is 0. The van der Waals surface area contributed by atoms with Crippen LogP contribution in [0.1, 0.15) is 30.8 Å². The molecule has 1 heteroatoms. The Hall–Kier alpha value is -1.16. The summed E-state index contributed by atoms with van der Waals surface area (Å²) in [4.78, 5) is 0. The zero-order chi connectivity index (χ0) is 9.14. The Kier molecular flexibility index (Phi) is 2.60. The predicted octanol–water partition coefficient (Wildman–Crippen LogP) is 2.69. The molecule has 1 aromatic rings. The van der Waals surface area contributed by atoms with Gasteiger partial charge in [-0.25, -0.2) is 0 Å². The fraction of sp³-hybridized carbons (Fsp3) is 0.455. The average molecular weight is 161 g/mol. The van der Waals surface area contributed by atoms with Crippen LogP contribution in [0, 0.1) is 26.2 Å². The topological polar surface area (TPSA) is 4.93 Å². The van der Waals surface area contributed by atoms with E-state index in [1.165, 1.54) is 11.4 Å². The van der Waals surface area contributed by atoms with E-state index in [1.54, 1.807) is 0 Å². The van der Waals surface area contributed by atoms with Crippen LogP contribution in [0.2, 0.25) is 0 Å². The van der Waals surface area contributed by atoms with Gasteiger partial charge in [-0.3, -0.25) is 0 Å². The van der Waals surface area contributed by atoms with Crippen molar-refractivity contribution < 1.29 is 0 Å². The molecular weight excluding hydrogens is 146 g/mol. The van der Waals surface area contributed by atoms with Crippen molar-refractivity contribution in [2.24, 2.45) is 0 Å². The van der Waals surface area contributed by atoms with Crippen LogP contribution in [0.15, 0.2) is 12.1 Å². The van der Waals surface area contributed by atoms with E-state index in [0.717, 1.165) is 6.42 Å². The van der Waals surface area contributed by atoms with Crippen LogP contribution in [-0.4, -0.2) is 4.57 Å². The molecule has 12 heavy (non-hydrogen) atoms. The van der Waals surface area contributed by atoms with Crippen molar-refractivity contribution >= 4 is 0 Å². The van der Waals surface area contributed by atoms with Crippen LogP contribution in [0.5, 0.6) is 0 Å². The first kappa shape index (κ1) is 8.93. The third kappa shape index (κ3) is 1.38. The molecule has 0 radical (unpaired) electrons. The van der Waals surface area contributed by atoms with Crippen molar-refractivity contribution in [3.05, 3.63) is 23.5 Å². The average Bonchev–Trinajstić information content (AvgIpc) is 2.38. The quantitative estimate of drug-likeness (QED) is 0.588. The summed E-state index contributed by atoms with van der Waals surface area (Å²) in [6, 6.07) is 4.44. The van der Waals surface area contributed by atoms with E-state index >= 15 is 0 Å². The minimum atomic E-state index is 0.222. The summed E-state index contributed by atoms with van der Waals surface area (Å²) in [5.74, 6) is 2.80. The molecule has 0 amide bonds. The van der Waals surface area contributed by atoms with Gasteiger partial charge in [0.25, 0.3) is 0 Å². The van der Waals surface area contributed by atoms with Gasteiger partial charge in [-0.2, -0.15) is 0 Å². The summed E-state index contributed by atoms with van der Waals surface area (Å²) in [6.45, 7) is 6.30. The van der Waals surface area contributed by atoms with Crippen molar-refractivity contribution in [3.8, 4) is 12.3 Å². The maximum Gasteiger partial charge on any atom is 0.0940 e. The summed E-state index contributed by atoms with van der Waals surface area (Å²) in [5.41, 5.74) is 2.50. The van der Waals surface area contributed by atoms with Gasteiger partial charge in [0, 0.05) is 11.4 Å². The van der Waals surface area contributed by atoms with Crippen LogP contribution in [0.25, 0.3) is 0 Å². The number of rotatable bonds is 2. The molecule has 0 aromatic carbocycles. The van der Waals surface area contributed by atoms with E-state index < -0.39 is 0 Å². The lowest BCUT2D eigenvalue weighted by Gasteiger charge is -2.15. The van der Waals surface area contributed by atoms with E-state index in [0.29, 0.717) is 0 Å². The van der Waals surface area contributed by atoms with Gasteiger partial charge in [-0.05, 0) is 32.4 Å². The second-order valence-corrected chi connectivity index (χ2v) is 3.08. The maximum atomic E-state index is 5.44. The van der Waals surface area contributed by atoms with Gasteiger partial charge in [0.1, 0.15) is 0 Å². The van der Waals surface area contributed by atoms with Crippen LogP contribution in [-0.2, 0) is 0 Å². The van der Waals surface area contributed by atoms with Crippen LogP contribution in [0.3, 0.4) is 0 Å². The van der Waals surface area contributed by atoms with E-state index in [1.807, 2.05) is 0 Å². The molecule has 1 unspecified atom stereocenters. The molecule has 1 heterocycles. The lowest BCUT2D eigenvalue weighted by Crippen LogP contribution is -2.08. The van der Waals surface area contributed by atoms with Gasteiger partial charge in [0.2, 0.25) is 0 Å². The summed E-state index contributed by atoms with van der Waals surface area (Å²) < 4.78 is 2.21. The Morgan fingerprint density at radius 1 is 1.42 bits per heavy atom. The molecule has 0 fully saturated rings. The number of aromatic nitrogens is 1. The smallest absolute Gasteiger partial charge is 0.0940 e. The van der Waals surface area contributed by atoms with Crippen molar-refractivity contribution in [3.63, 3.8) is 0 Å². The second-order valence-electron chi connectivity index (χ2n) is 3.08. The van der Waals surface area contributed by atoms with E-state index in [4.69, 9.17) is 6.42 Å². The fourth-order valence-electron chi connectivity index (χ4n) is 1.55. The molecule has 0 spiro atoms. The SMILES string of the molecule is C#CC(CC)n1c(C)ccc1C. The molecule has 0 aliphatic carbocycles. The fourth-order valence-corrected chi connectivity index (χ4v) is 1.55. The Morgan fingerprint density at radius 3 is 2.25 bits per heavy atom. The van der Waals surface area contributed by atoms with Gasteiger partial charge in [-0.1, -0.05) is 12.8 Å². The third-order valence-corrected chi connectivity index (χ3v) is 2.22. The Morgan fingerprint density at radius 2 is 1.92 bits per heavy atom. The van der Waals surface area contributed by atoms with Crippen LogP contribution >= 0.6 is 0 Å². The third-order valence-electron chi connectivity index (χ3n) is 2.22. The van der Waals surface area contributed by atoms with E-state index in [-0.39, 0.29) is 6.04 Å². The number of aryl methyl sites for hydroxylation is 2. The van der Waals surface area contributed by atoms with Crippen molar-refractivity contribution in [2.75, 3.05) is 0 Å². The van der Waals surface area contributed by atoms with E-state index in [9.17, 15) is 0 Å². The number of nitrogens with zero attached hydrogens (tertiary/aromatic N) is 1. The highest BCUT2D eigenvalue weighted by Crippen LogP contribution is 2.17. The normalized spacial score (nSPS) is 12.5. The van der Waals surface area contributed by atoms with Gasteiger partial charge < -0.3 is 4.57 Å². The summed E-state index contributed by atoms with van der Waals surface area (Å²) in [7, 11) is 0. The first-order valence-electron chi connectivity index (χ1n) is 4.31. The molecule has 0 saturated carbocycles. The highest BCUT2D eigenvalue weighted by molar-refractivity contribution is 5.18. The van der Waals surface area contributed by atoms with Crippen LogP contribution < -0.4 is 0 Å². The van der Waals surface area contributed by atoms with Gasteiger partial charge >= 0.3 is 0 Å². The van der Waals surface area contributed by atoms with Crippen molar-refractivity contribution in [1.82, 2.24) is 4.57 Å².